The fourth-order valence-electron chi connectivity index (χ4n) is 5.71. The van der Waals surface area contributed by atoms with Crippen molar-refractivity contribution in [1.29, 1.82) is 0 Å². The van der Waals surface area contributed by atoms with Gasteiger partial charge < -0.3 is 15.1 Å². The zero-order chi connectivity index (χ0) is 23.3. The van der Waals surface area contributed by atoms with Crippen LogP contribution < -0.4 is 10.2 Å². The van der Waals surface area contributed by atoms with Crippen molar-refractivity contribution in [2.45, 2.75) is 64.0 Å². The molecule has 182 valence electrons. The molecule has 0 spiro atoms. The first kappa shape index (κ1) is 23.1. The Morgan fingerprint density at radius 1 is 0.971 bits per heavy atom. The molecule has 7 heteroatoms. The van der Waals surface area contributed by atoms with Crippen LogP contribution in [0.15, 0.2) is 36.5 Å². The second kappa shape index (κ2) is 10.7. The molecule has 0 saturated carbocycles. The lowest BCUT2D eigenvalue weighted by molar-refractivity contribution is 0.0643. The Bertz CT molecular complexity index is 965. The van der Waals surface area contributed by atoms with Gasteiger partial charge in [-0.2, -0.15) is 4.98 Å². The molecule has 4 heterocycles. The van der Waals surface area contributed by atoms with E-state index in [2.05, 4.69) is 20.1 Å². The van der Waals surface area contributed by atoms with Gasteiger partial charge in [-0.3, -0.25) is 9.69 Å². The molecule has 7 nitrogen and oxygen atoms in total. The molecule has 1 N–H and O–H groups in total. The van der Waals surface area contributed by atoms with E-state index in [-0.39, 0.29) is 5.91 Å². The standard InChI is InChI=1S/C27H38N6O/c1-21-7-6-8-22(19-21)26(34)32-17-11-24(12-18-32)33-16-10-23(20-33)29-27-28-13-9-25(30-27)31-14-4-2-3-5-15-31/h6-9,13,19,23-24H,2-5,10-12,14-18,20H2,1H3,(H,28,29,30). The van der Waals surface area contributed by atoms with Gasteiger partial charge in [0.2, 0.25) is 5.95 Å². The fourth-order valence-corrected chi connectivity index (χ4v) is 5.71. The van der Waals surface area contributed by atoms with Crippen LogP contribution in [0.5, 0.6) is 0 Å². The summed E-state index contributed by atoms with van der Waals surface area (Å²) in [6.45, 7) is 8.03. The Hall–Kier alpha value is -2.67. The zero-order valence-corrected chi connectivity index (χ0v) is 20.5. The van der Waals surface area contributed by atoms with Gasteiger partial charge in [-0.1, -0.05) is 30.5 Å². The predicted molar refractivity (Wildman–Crippen MR) is 136 cm³/mol. The summed E-state index contributed by atoms with van der Waals surface area (Å²) in [5, 5.41) is 3.60. The maximum atomic E-state index is 12.9. The number of rotatable bonds is 5. The summed E-state index contributed by atoms with van der Waals surface area (Å²) >= 11 is 0. The van der Waals surface area contributed by atoms with Crippen molar-refractivity contribution in [3.05, 3.63) is 47.7 Å². The molecular formula is C27H38N6O. The molecule has 1 unspecified atom stereocenters. The lowest BCUT2D eigenvalue weighted by atomic mass is 10.0. The summed E-state index contributed by atoms with van der Waals surface area (Å²) in [6.07, 6.45) is 10.2. The highest BCUT2D eigenvalue weighted by molar-refractivity contribution is 5.94. The maximum Gasteiger partial charge on any atom is 0.253 e. The van der Waals surface area contributed by atoms with E-state index in [4.69, 9.17) is 4.98 Å². The molecule has 3 saturated heterocycles. The largest absolute Gasteiger partial charge is 0.356 e. The van der Waals surface area contributed by atoms with Crippen molar-refractivity contribution in [1.82, 2.24) is 19.8 Å². The van der Waals surface area contributed by atoms with Gasteiger partial charge in [-0.05, 0) is 57.2 Å². The zero-order valence-electron chi connectivity index (χ0n) is 20.5. The minimum Gasteiger partial charge on any atom is -0.356 e. The van der Waals surface area contributed by atoms with E-state index in [1.165, 1.54) is 25.7 Å². The molecule has 3 fully saturated rings. The molecule has 34 heavy (non-hydrogen) atoms. The number of carbonyl (C=O) groups is 1. The minimum atomic E-state index is 0.171. The number of nitrogens with zero attached hydrogens (tertiary/aromatic N) is 5. The van der Waals surface area contributed by atoms with Gasteiger partial charge in [0.05, 0.1) is 0 Å². The number of aromatic nitrogens is 2. The highest BCUT2D eigenvalue weighted by Gasteiger charge is 2.32. The summed E-state index contributed by atoms with van der Waals surface area (Å²) in [5.41, 5.74) is 1.95. The summed E-state index contributed by atoms with van der Waals surface area (Å²) in [4.78, 5) is 29.3. The fraction of sp³-hybridized carbons (Fsp3) is 0.593. The van der Waals surface area contributed by atoms with E-state index in [9.17, 15) is 4.79 Å². The van der Waals surface area contributed by atoms with Gasteiger partial charge in [-0.15, -0.1) is 0 Å². The quantitative estimate of drug-likeness (QED) is 0.726. The van der Waals surface area contributed by atoms with Crippen LogP contribution in [0.4, 0.5) is 11.8 Å². The predicted octanol–water partition coefficient (Wildman–Crippen LogP) is 3.96. The monoisotopic (exact) mass is 462 g/mol. The number of aryl methyl sites for hydroxylation is 1. The van der Waals surface area contributed by atoms with Crippen molar-refractivity contribution in [3.63, 3.8) is 0 Å². The van der Waals surface area contributed by atoms with Crippen molar-refractivity contribution in [3.8, 4) is 0 Å². The molecular weight excluding hydrogens is 424 g/mol. The number of piperidine rings is 1. The van der Waals surface area contributed by atoms with Gasteiger partial charge in [0.15, 0.2) is 0 Å². The van der Waals surface area contributed by atoms with Crippen LogP contribution in [-0.4, -0.2) is 77.0 Å². The summed E-state index contributed by atoms with van der Waals surface area (Å²) in [6, 6.07) is 10.9. The molecule has 2 aromatic rings. The van der Waals surface area contributed by atoms with Crippen LogP contribution in [0.2, 0.25) is 0 Å². The van der Waals surface area contributed by atoms with E-state index in [1.807, 2.05) is 48.4 Å². The first-order valence-electron chi connectivity index (χ1n) is 13.1. The Morgan fingerprint density at radius 3 is 2.53 bits per heavy atom. The minimum absolute atomic E-state index is 0.171. The number of amides is 1. The van der Waals surface area contributed by atoms with Gasteiger partial charge in [0, 0.05) is 63.1 Å². The number of likely N-dealkylation sites (tertiary alicyclic amines) is 2. The lowest BCUT2D eigenvalue weighted by Crippen LogP contribution is -2.46. The van der Waals surface area contributed by atoms with Crippen LogP contribution in [0.1, 0.15) is 60.9 Å². The number of anilines is 2. The van der Waals surface area contributed by atoms with Gasteiger partial charge >= 0.3 is 0 Å². The Morgan fingerprint density at radius 2 is 1.76 bits per heavy atom. The summed E-state index contributed by atoms with van der Waals surface area (Å²) in [5.74, 6) is 1.98. The van der Waals surface area contributed by atoms with E-state index < -0.39 is 0 Å². The van der Waals surface area contributed by atoms with E-state index in [0.29, 0.717) is 12.1 Å². The second-order valence-electron chi connectivity index (χ2n) is 10.2. The summed E-state index contributed by atoms with van der Waals surface area (Å²) < 4.78 is 0. The van der Waals surface area contributed by atoms with Crippen molar-refractivity contribution in [2.24, 2.45) is 0 Å². The topological polar surface area (TPSA) is 64.6 Å². The van der Waals surface area contributed by atoms with E-state index in [1.54, 1.807) is 0 Å². The number of hydrogen-bond donors (Lipinski definition) is 1. The molecule has 1 atom stereocenters. The second-order valence-corrected chi connectivity index (χ2v) is 10.2. The third-order valence-electron chi connectivity index (χ3n) is 7.66. The summed E-state index contributed by atoms with van der Waals surface area (Å²) in [7, 11) is 0. The number of carbonyl (C=O) groups excluding carboxylic acids is 1. The number of benzene rings is 1. The molecule has 0 bridgehead atoms. The van der Waals surface area contributed by atoms with Gasteiger partial charge in [-0.25, -0.2) is 4.98 Å². The highest BCUT2D eigenvalue weighted by atomic mass is 16.2. The first-order chi connectivity index (χ1) is 16.7. The molecule has 5 rings (SSSR count). The molecule has 3 aliphatic rings. The Labute approximate surface area is 203 Å². The van der Waals surface area contributed by atoms with E-state index in [0.717, 1.165) is 81.4 Å². The van der Waals surface area contributed by atoms with Gasteiger partial charge in [0.1, 0.15) is 5.82 Å². The maximum absolute atomic E-state index is 12.9. The Kier molecular flexibility index (Phi) is 7.28. The van der Waals surface area contributed by atoms with Crippen LogP contribution in [0, 0.1) is 6.92 Å². The molecule has 1 amide bonds. The van der Waals surface area contributed by atoms with Crippen molar-refractivity contribution in [2.75, 3.05) is 49.5 Å². The average Bonchev–Trinajstić information content (AvgIpc) is 3.15. The molecule has 0 aliphatic carbocycles. The van der Waals surface area contributed by atoms with Crippen LogP contribution in [0.25, 0.3) is 0 Å². The first-order valence-corrected chi connectivity index (χ1v) is 13.1. The van der Waals surface area contributed by atoms with Gasteiger partial charge in [0.25, 0.3) is 5.91 Å². The average molecular weight is 463 g/mol. The normalized spacial score (nSPS) is 22.6. The van der Waals surface area contributed by atoms with E-state index >= 15 is 0 Å². The molecule has 0 radical (unpaired) electrons. The Balaban J connectivity index is 1.11. The SMILES string of the molecule is Cc1cccc(C(=O)N2CCC(N3CCC(Nc4nccc(N5CCCCCC5)n4)C3)CC2)c1. The number of nitrogens with one attached hydrogen (secondary N) is 1. The smallest absolute Gasteiger partial charge is 0.253 e. The third-order valence-corrected chi connectivity index (χ3v) is 7.66. The molecule has 1 aromatic heterocycles. The van der Waals surface area contributed by atoms with Crippen LogP contribution >= 0.6 is 0 Å². The van der Waals surface area contributed by atoms with Crippen LogP contribution in [0.3, 0.4) is 0 Å². The highest BCUT2D eigenvalue weighted by Crippen LogP contribution is 2.24. The third kappa shape index (κ3) is 5.52. The van der Waals surface area contributed by atoms with Crippen LogP contribution in [-0.2, 0) is 0 Å². The molecule has 3 aliphatic heterocycles. The number of hydrogen-bond acceptors (Lipinski definition) is 6. The van der Waals surface area contributed by atoms with Crippen molar-refractivity contribution >= 4 is 17.7 Å². The lowest BCUT2D eigenvalue weighted by Gasteiger charge is -2.37. The molecule has 1 aromatic carbocycles. The van der Waals surface area contributed by atoms with Crippen molar-refractivity contribution < 1.29 is 4.79 Å².